The zero-order chi connectivity index (χ0) is 17.5. The molecule has 1 N–H and O–H groups in total. The van der Waals surface area contributed by atoms with Gasteiger partial charge in [-0.3, -0.25) is 9.59 Å². The minimum absolute atomic E-state index is 0.0581. The first-order chi connectivity index (χ1) is 11.4. The molecule has 1 amide bonds. The highest BCUT2D eigenvalue weighted by molar-refractivity contribution is 7.18. The summed E-state index contributed by atoms with van der Waals surface area (Å²) in [6.07, 6.45) is 0.485. The molecule has 1 aromatic heterocycles. The van der Waals surface area contributed by atoms with E-state index >= 15 is 0 Å². The lowest BCUT2D eigenvalue weighted by Gasteiger charge is -2.10. The molecule has 0 saturated heterocycles. The predicted octanol–water partition coefficient (Wildman–Crippen LogP) is 4.47. The second kappa shape index (κ2) is 8.85. The molecule has 2 aromatic rings. The maximum atomic E-state index is 11.9. The average molecular weight is 366 g/mol. The molecule has 0 spiro atoms. The maximum absolute atomic E-state index is 11.9. The van der Waals surface area contributed by atoms with E-state index in [-0.39, 0.29) is 30.6 Å². The molecular weight excluding hydrogens is 346 g/mol. The van der Waals surface area contributed by atoms with Gasteiger partial charge in [0, 0.05) is 19.4 Å². The fraction of sp³-hybridized carbons (Fsp3) is 0.333. The monoisotopic (exact) mass is 365 g/mol. The summed E-state index contributed by atoms with van der Waals surface area (Å²) in [6.45, 7) is 4.37. The van der Waals surface area contributed by atoms with Crippen LogP contribution in [0.3, 0.4) is 0 Å². The second-order valence-corrected chi connectivity index (χ2v) is 7.33. The number of nitrogens with one attached hydrogen (secondary N) is 1. The maximum Gasteiger partial charge on any atom is 0.220 e. The molecule has 6 heteroatoms. The van der Waals surface area contributed by atoms with E-state index in [2.05, 4.69) is 5.32 Å². The van der Waals surface area contributed by atoms with Crippen LogP contribution in [-0.4, -0.2) is 17.8 Å². The highest BCUT2D eigenvalue weighted by Gasteiger charge is 2.11. The fourth-order valence-corrected chi connectivity index (χ4v) is 3.07. The number of rotatable bonds is 8. The molecule has 0 saturated carbocycles. The van der Waals surface area contributed by atoms with Crippen LogP contribution in [0.1, 0.15) is 41.9 Å². The number of benzene rings is 1. The third-order valence-corrected chi connectivity index (χ3v) is 4.48. The quantitative estimate of drug-likeness (QED) is 0.702. The minimum atomic E-state index is -0.145. The van der Waals surface area contributed by atoms with Gasteiger partial charge in [0.15, 0.2) is 5.78 Å². The molecule has 0 aliphatic carbocycles. The molecule has 0 bridgehead atoms. The van der Waals surface area contributed by atoms with E-state index < -0.39 is 0 Å². The largest absolute Gasteiger partial charge is 0.491 e. The van der Waals surface area contributed by atoms with E-state index in [4.69, 9.17) is 16.3 Å². The van der Waals surface area contributed by atoms with Crippen molar-refractivity contribution in [2.45, 2.75) is 39.3 Å². The molecule has 128 valence electrons. The Labute approximate surface area is 150 Å². The Morgan fingerprint density at radius 3 is 2.42 bits per heavy atom. The first-order valence-corrected chi connectivity index (χ1v) is 8.94. The molecule has 0 unspecified atom stereocenters. The van der Waals surface area contributed by atoms with Crippen LogP contribution in [-0.2, 0) is 11.3 Å². The van der Waals surface area contributed by atoms with Crippen molar-refractivity contribution in [1.29, 1.82) is 0 Å². The van der Waals surface area contributed by atoms with E-state index in [9.17, 15) is 9.59 Å². The Morgan fingerprint density at radius 2 is 1.83 bits per heavy atom. The van der Waals surface area contributed by atoms with Crippen LogP contribution >= 0.6 is 22.9 Å². The Morgan fingerprint density at radius 1 is 1.12 bits per heavy atom. The molecule has 24 heavy (non-hydrogen) atoms. The van der Waals surface area contributed by atoms with Gasteiger partial charge in [0.05, 0.1) is 15.3 Å². The Hall–Kier alpha value is -1.85. The molecule has 4 nitrogen and oxygen atoms in total. The minimum Gasteiger partial charge on any atom is -0.491 e. The van der Waals surface area contributed by atoms with Crippen molar-refractivity contribution in [2.24, 2.45) is 0 Å². The van der Waals surface area contributed by atoms with Crippen LogP contribution in [0.15, 0.2) is 36.4 Å². The van der Waals surface area contributed by atoms with Crippen molar-refractivity contribution < 1.29 is 14.3 Å². The number of Topliss-reactive ketones (excluding diaryl/α,β-unsaturated/α-hetero) is 1. The lowest BCUT2D eigenvalue weighted by molar-refractivity contribution is -0.121. The van der Waals surface area contributed by atoms with Gasteiger partial charge < -0.3 is 10.1 Å². The Bertz CT molecular complexity index is 695. The van der Waals surface area contributed by atoms with E-state index in [1.807, 2.05) is 38.1 Å². The van der Waals surface area contributed by atoms with Gasteiger partial charge in [-0.15, -0.1) is 11.3 Å². The molecule has 1 aromatic carbocycles. The van der Waals surface area contributed by atoms with E-state index in [1.54, 1.807) is 12.1 Å². The fourth-order valence-electron chi connectivity index (χ4n) is 2.06. The number of hydrogen-bond acceptors (Lipinski definition) is 4. The number of ether oxygens (including phenoxy) is 1. The first kappa shape index (κ1) is 18.5. The molecular formula is C18H20ClNO3S. The summed E-state index contributed by atoms with van der Waals surface area (Å²) >= 11 is 7.04. The van der Waals surface area contributed by atoms with Gasteiger partial charge in [-0.2, -0.15) is 0 Å². The summed E-state index contributed by atoms with van der Waals surface area (Å²) in [5, 5.41) is 2.82. The smallest absolute Gasteiger partial charge is 0.220 e. The van der Waals surface area contributed by atoms with E-state index in [0.29, 0.717) is 15.8 Å². The number of hydrogen-bond donors (Lipinski definition) is 1. The van der Waals surface area contributed by atoms with Crippen LogP contribution in [0.2, 0.25) is 4.34 Å². The van der Waals surface area contributed by atoms with Crippen molar-refractivity contribution in [3.05, 3.63) is 51.2 Å². The highest BCUT2D eigenvalue weighted by atomic mass is 35.5. The van der Waals surface area contributed by atoms with Gasteiger partial charge in [0.2, 0.25) is 5.91 Å². The van der Waals surface area contributed by atoms with Crippen LogP contribution in [0.5, 0.6) is 5.75 Å². The second-order valence-electron chi connectivity index (χ2n) is 5.61. The van der Waals surface area contributed by atoms with Crippen molar-refractivity contribution in [1.82, 2.24) is 5.32 Å². The Kier molecular flexibility index (Phi) is 6.82. The summed E-state index contributed by atoms with van der Waals surface area (Å²) in [5.41, 5.74) is 0.982. The number of amides is 1. The number of carbonyl (C=O) groups excluding carboxylic acids is 2. The highest BCUT2D eigenvalue weighted by Crippen LogP contribution is 2.22. The van der Waals surface area contributed by atoms with Crippen molar-refractivity contribution in [2.75, 3.05) is 0 Å². The lowest BCUT2D eigenvalue weighted by atomic mass is 10.1. The SMILES string of the molecule is CC(C)Oc1ccc(CNC(=O)CCC(=O)c2ccc(Cl)s2)cc1. The molecule has 0 radical (unpaired) electrons. The standard InChI is InChI=1S/C18H20ClNO3S/c1-12(2)23-14-5-3-13(4-6-14)11-20-18(22)10-7-15(21)16-8-9-17(19)24-16/h3-6,8-9,12H,7,10-11H2,1-2H3,(H,20,22). The zero-order valence-corrected chi connectivity index (χ0v) is 15.2. The zero-order valence-electron chi connectivity index (χ0n) is 13.7. The van der Waals surface area contributed by atoms with Gasteiger partial charge in [-0.05, 0) is 43.7 Å². The van der Waals surface area contributed by atoms with Crippen molar-refractivity contribution in [3.63, 3.8) is 0 Å². The van der Waals surface area contributed by atoms with Gasteiger partial charge in [0.1, 0.15) is 5.75 Å². The van der Waals surface area contributed by atoms with E-state index in [1.165, 1.54) is 11.3 Å². The summed E-state index contributed by atoms with van der Waals surface area (Å²) in [5.74, 6) is 0.603. The van der Waals surface area contributed by atoms with Crippen LogP contribution in [0.25, 0.3) is 0 Å². The summed E-state index contributed by atoms with van der Waals surface area (Å²) < 4.78 is 6.15. The van der Waals surface area contributed by atoms with Crippen LogP contribution in [0.4, 0.5) is 0 Å². The van der Waals surface area contributed by atoms with Crippen molar-refractivity contribution >= 4 is 34.6 Å². The molecule has 2 rings (SSSR count). The van der Waals surface area contributed by atoms with Gasteiger partial charge >= 0.3 is 0 Å². The predicted molar refractivity (Wildman–Crippen MR) is 96.9 cm³/mol. The Balaban J connectivity index is 1.73. The van der Waals surface area contributed by atoms with Crippen LogP contribution in [0, 0.1) is 0 Å². The number of carbonyl (C=O) groups is 2. The van der Waals surface area contributed by atoms with Crippen molar-refractivity contribution in [3.8, 4) is 5.75 Å². The molecule has 0 aliphatic heterocycles. The number of thiophene rings is 1. The summed E-state index contributed by atoms with van der Waals surface area (Å²) in [4.78, 5) is 24.4. The number of ketones is 1. The number of halogens is 1. The topological polar surface area (TPSA) is 55.4 Å². The lowest BCUT2D eigenvalue weighted by Crippen LogP contribution is -2.23. The normalized spacial score (nSPS) is 10.7. The summed E-state index contributed by atoms with van der Waals surface area (Å²) in [7, 11) is 0. The van der Waals surface area contributed by atoms with Gasteiger partial charge in [0.25, 0.3) is 0 Å². The molecule has 0 atom stereocenters. The summed E-state index contributed by atoms with van der Waals surface area (Å²) in [6, 6.07) is 11.0. The first-order valence-electron chi connectivity index (χ1n) is 7.75. The molecule has 1 heterocycles. The third-order valence-electron chi connectivity index (χ3n) is 3.21. The van der Waals surface area contributed by atoms with Gasteiger partial charge in [-0.1, -0.05) is 23.7 Å². The van der Waals surface area contributed by atoms with E-state index in [0.717, 1.165) is 11.3 Å². The van der Waals surface area contributed by atoms with Gasteiger partial charge in [-0.25, -0.2) is 0 Å². The molecule has 0 fully saturated rings. The third kappa shape index (κ3) is 5.98. The van der Waals surface area contributed by atoms with Crippen LogP contribution < -0.4 is 10.1 Å². The average Bonchev–Trinajstić information content (AvgIpc) is 2.98. The molecule has 0 aliphatic rings.